The number of carbonyl (C=O) groups is 6. The smallest absolute Gasteiger partial charge is 0.326 e. The second-order valence-corrected chi connectivity index (χ2v) is 15.4. The van der Waals surface area contributed by atoms with Gasteiger partial charge in [0.15, 0.2) is 0 Å². The molecule has 1 aromatic carbocycles. The second-order valence-electron chi connectivity index (χ2n) is 15.4. The van der Waals surface area contributed by atoms with Gasteiger partial charge >= 0.3 is 5.97 Å². The van der Waals surface area contributed by atoms with Gasteiger partial charge in [0.1, 0.15) is 35.5 Å². The Morgan fingerprint density at radius 2 is 1.45 bits per heavy atom. The van der Waals surface area contributed by atoms with Crippen molar-refractivity contribution in [3.63, 3.8) is 0 Å². The number of unbranched alkanes of at least 4 members (excludes halogenated alkanes) is 2. The fourth-order valence-corrected chi connectivity index (χ4v) is 7.18. The molecule has 0 aromatic heterocycles. The molecule has 1 fully saturated rings. The van der Waals surface area contributed by atoms with Gasteiger partial charge in [0.2, 0.25) is 29.5 Å². The Hall–Kier alpha value is -4.54. The van der Waals surface area contributed by atoms with Gasteiger partial charge in [-0.05, 0) is 114 Å². The van der Waals surface area contributed by atoms with Crippen molar-refractivity contribution in [2.24, 2.45) is 23.1 Å². The number of carboxylic acids is 1. The van der Waals surface area contributed by atoms with E-state index in [1.54, 1.807) is 25.1 Å². The highest BCUT2D eigenvalue weighted by Gasteiger charge is 2.40. The molecule has 5 amide bonds. The minimum atomic E-state index is -1.59. The number of hydrogen-bond donors (Lipinski definition) is 10. The number of aromatic hydroxyl groups is 1. The third-order valence-corrected chi connectivity index (χ3v) is 10.7. The van der Waals surface area contributed by atoms with E-state index in [-0.39, 0.29) is 50.2 Å². The van der Waals surface area contributed by atoms with Gasteiger partial charge in [-0.1, -0.05) is 50.0 Å². The SMILES string of the molecule is C[C@@]1(C(=O)N[C@@H](Cc2ccc(O)cc2)C(=O)N[C@@H](CC2CCCC2)C(=O)O)CCC/C=C\C[C@H](N)C(=O)N[C@@H](CCCCN)C(=O)N[C@@H](CCCCN)C(=O)N1. The highest BCUT2D eigenvalue weighted by Crippen LogP contribution is 2.29. The van der Waals surface area contributed by atoms with Crippen molar-refractivity contribution in [2.45, 2.75) is 145 Å². The van der Waals surface area contributed by atoms with E-state index < -0.39 is 71.3 Å². The van der Waals surface area contributed by atoms with Crippen LogP contribution in [0.15, 0.2) is 36.4 Å². The third kappa shape index (κ3) is 15.2. The molecule has 6 atom stereocenters. The zero-order valence-electron chi connectivity index (χ0n) is 32.7. The Morgan fingerprint density at radius 1 is 0.839 bits per heavy atom. The number of hydrogen-bond acceptors (Lipinski definition) is 10. The summed E-state index contributed by atoms with van der Waals surface area (Å²) in [6.07, 6.45) is 11.5. The summed E-state index contributed by atoms with van der Waals surface area (Å²) < 4.78 is 0. The quantitative estimate of drug-likeness (QED) is 0.0790. The minimum absolute atomic E-state index is 0.0102. The van der Waals surface area contributed by atoms with Crippen LogP contribution in [-0.2, 0) is 35.2 Å². The van der Waals surface area contributed by atoms with Crippen LogP contribution in [0.2, 0.25) is 0 Å². The van der Waals surface area contributed by atoms with Gasteiger partial charge in [-0.15, -0.1) is 0 Å². The molecule has 1 aliphatic carbocycles. The molecule has 56 heavy (non-hydrogen) atoms. The van der Waals surface area contributed by atoms with Crippen molar-refractivity contribution >= 4 is 35.5 Å². The van der Waals surface area contributed by atoms with Crippen LogP contribution in [0.1, 0.15) is 109 Å². The predicted molar refractivity (Wildman–Crippen MR) is 212 cm³/mol. The summed E-state index contributed by atoms with van der Waals surface area (Å²) in [6, 6.07) is 0.687. The molecule has 1 aliphatic heterocycles. The second kappa shape index (κ2) is 23.5. The molecule has 0 unspecified atom stereocenters. The maximum Gasteiger partial charge on any atom is 0.326 e. The number of allylic oxidation sites excluding steroid dienone is 1. The first-order valence-electron chi connectivity index (χ1n) is 20.1. The largest absolute Gasteiger partial charge is 0.508 e. The maximum absolute atomic E-state index is 14.4. The number of carbonyl (C=O) groups excluding carboxylic acids is 5. The molecule has 0 radical (unpaired) electrons. The van der Waals surface area contributed by atoms with Crippen LogP contribution >= 0.6 is 0 Å². The third-order valence-electron chi connectivity index (χ3n) is 10.7. The number of phenols is 1. The van der Waals surface area contributed by atoms with Crippen LogP contribution in [0.4, 0.5) is 0 Å². The van der Waals surface area contributed by atoms with Crippen molar-refractivity contribution in [1.29, 1.82) is 0 Å². The molecule has 3 rings (SSSR count). The number of nitrogens with two attached hydrogens (primary N) is 3. The van der Waals surface area contributed by atoms with Gasteiger partial charge in [-0.25, -0.2) is 4.79 Å². The zero-order chi connectivity index (χ0) is 41.1. The lowest BCUT2D eigenvalue weighted by Gasteiger charge is -2.34. The Labute approximate surface area is 329 Å². The molecular weight excluding hydrogens is 720 g/mol. The Morgan fingerprint density at radius 3 is 2.05 bits per heavy atom. The molecule has 2 aliphatic rings. The summed E-state index contributed by atoms with van der Waals surface area (Å²) in [5.74, 6) is -4.10. The number of amides is 5. The molecule has 1 saturated carbocycles. The van der Waals surface area contributed by atoms with Crippen molar-refractivity contribution in [3.8, 4) is 5.75 Å². The average Bonchev–Trinajstić information content (AvgIpc) is 3.68. The van der Waals surface area contributed by atoms with Crippen LogP contribution < -0.4 is 43.8 Å². The summed E-state index contributed by atoms with van der Waals surface area (Å²) in [4.78, 5) is 81.4. The molecule has 16 nitrogen and oxygen atoms in total. The van der Waals surface area contributed by atoms with E-state index in [9.17, 15) is 39.0 Å². The Bertz CT molecular complexity index is 1480. The van der Waals surface area contributed by atoms with E-state index in [1.807, 2.05) is 6.08 Å². The summed E-state index contributed by atoms with van der Waals surface area (Å²) >= 11 is 0. The number of benzene rings is 1. The van der Waals surface area contributed by atoms with Gasteiger partial charge in [0.05, 0.1) is 6.04 Å². The molecule has 312 valence electrons. The fourth-order valence-electron chi connectivity index (χ4n) is 7.18. The van der Waals surface area contributed by atoms with Gasteiger partial charge in [0, 0.05) is 6.42 Å². The van der Waals surface area contributed by atoms with Crippen LogP contribution in [0.3, 0.4) is 0 Å². The minimum Gasteiger partial charge on any atom is -0.508 e. The summed E-state index contributed by atoms with van der Waals surface area (Å²) in [6.45, 7) is 2.31. The molecular formula is C40H64N8O8. The van der Waals surface area contributed by atoms with Crippen molar-refractivity contribution in [2.75, 3.05) is 13.1 Å². The highest BCUT2D eigenvalue weighted by molar-refractivity contribution is 5.98. The zero-order valence-corrected chi connectivity index (χ0v) is 32.7. The first-order chi connectivity index (χ1) is 26.8. The molecule has 16 heteroatoms. The lowest BCUT2D eigenvalue weighted by molar-refractivity contribution is -0.143. The van der Waals surface area contributed by atoms with E-state index >= 15 is 0 Å². The summed E-state index contributed by atoms with van der Waals surface area (Å²) in [5.41, 5.74) is 16.6. The molecule has 0 bridgehead atoms. The van der Waals surface area contributed by atoms with Crippen LogP contribution in [0.5, 0.6) is 5.75 Å². The first-order valence-corrected chi connectivity index (χ1v) is 20.1. The highest BCUT2D eigenvalue weighted by atomic mass is 16.4. The topological polar surface area (TPSA) is 281 Å². The van der Waals surface area contributed by atoms with E-state index in [1.165, 1.54) is 12.1 Å². The van der Waals surface area contributed by atoms with Crippen molar-refractivity contribution < 1.29 is 39.0 Å². The normalized spacial score (nSPS) is 24.6. The number of rotatable bonds is 17. The van der Waals surface area contributed by atoms with Crippen LogP contribution in [0.25, 0.3) is 0 Å². The van der Waals surface area contributed by atoms with E-state index in [2.05, 4.69) is 26.6 Å². The Balaban J connectivity index is 1.95. The monoisotopic (exact) mass is 784 g/mol. The summed E-state index contributed by atoms with van der Waals surface area (Å²) in [7, 11) is 0. The lowest BCUT2D eigenvalue weighted by Crippen LogP contribution is -2.64. The fraction of sp³-hybridized carbons (Fsp3) is 0.650. The van der Waals surface area contributed by atoms with Gasteiger partial charge in [-0.3, -0.25) is 24.0 Å². The molecule has 13 N–H and O–H groups in total. The number of aliphatic carboxylic acids is 1. The molecule has 1 aromatic rings. The molecule has 0 spiro atoms. The van der Waals surface area contributed by atoms with E-state index in [4.69, 9.17) is 17.2 Å². The standard InChI is InChI=1S/C40H64N8O8/c1-40(39(56)47-32(24-27-17-19-28(49)20-18-27)36(52)46-33(38(54)55)25-26-12-5-6-13-26)21-9-3-2-4-14-29(43)34(50)44-30(15-7-10-22-41)35(51)45-31(37(53)48-40)16-8-11-23-42/h2,4,17-20,26,29-33,49H,3,5-16,21-25,41-43H2,1H3,(H,44,50)(H,45,51)(H,46,52)(H,47,56)(H,48,53)(H,54,55)/b4-2-/t29-,30-,31-,32-,33-,40-/m0/s1. The maximum atomic E-state index is 14.4. The Kier molecular flexibility index (Phi) is 19.2. The van der Waals surface area contributed by atoms with E-state index in [0.717, 1.165) is 25.7 Å². The molecule has 0 saturated heterocycles. The van der Waals surface area contributed by atoms with Crippen LogP contribution in [-0.4, -0.2) is 94.6 Å². The van der Waals surface area contributed by atoms with E-state index in [0.29, 0.717) is 57.2 Å². The van der Waals surface area contributed by atoms with Crippen molar-refractivity contribution in [1.82, 2.24) is 26.6 Å². The van der Waals surface area contributed by atoms with Crippen molar-refractivity contribution in [3.05, 3.63) is 42.0 Å². The van der Waals surface area contributed by atoms with Gasteiger partial charge in [0.25, 0.3) is 0 Å². The number of phenolic OH excluding ortho intramolecular Hbond substituents is 1. The average molecular weight is 785 g/mol. The predicted octanol–water partition coefficient (Wildman–Crippen LogP) is 1.13. The van der Waals surface area contributed by atoms with Gasteiger partial charge < -0.3 is 54.0 Å². The molecule has 1 heterocycles. The number of carboxylic acid groups (broad SMARTS) is 1. The summed E-state index contributed by atoms with van der Waals surface area (Å²) in [5, 5.41) is 33.7. The lowest BCUT2D eigenvalue weighted by atomic mass is 9.91. The van der Waals surface area contributed by atoms with Gasteiger partial charge in [-0.2, -0.15) is 0 Å². The van der Waals surface area contributed by atoms with Crippen LogP contribution in [0, 0.1) is 5.92 Å². The first kappa shape index (κ1) is 45.8. The number of nitrogens with one attached hydrogen (secondary N) is 5.